The highest BCUT2D eigenvalue weighted by molar-refractivity contribution is 6.02. The molecule has 2 N–H and O–H groups in total. The number of carbonyl (C=O) groups excluding carboxylic acids is 2. The molecule has 3 rings (SSSR count). The third-order valence-electron chi connectivity index (χ3n) is 4.48. The lowest BCUT2D eigenvalue weighted by Crippen LogP contribution is -2.51. The van der Waals surface area contributed by atoms with Crippen molar-refractivity contribution >= 4 is 17.5 Å². The Bertz CT molecular complexity index is 614. The molecule has 122 valence electrons. The van der Waals surface area contributed by atoms with Gasteiger partial charge in [-0.25, -0.2) is 5.01 Å². The molecule has 0 radical (unpaired) electrons. The number of hydrazone groups is 1. The zero-order chi connectivity index (χ0) is 16.2. The molecule has 6 heteroatoms. The Morgan fingerprint density at radius 2 is 1.96 bits per heavy atom. The molecule has 1 aromatic rings. The van der Waals surface area contributed by atoms with Gasteiger partial charge in [-0.15, -0.1) is 0 Å². The van der Waals surface area contributed by atoms with Crippen LogP contribution < -0.4 is 5.73 Å². The number of likely N-dealkylation sites (tertiary alicyclic amines) is 1. The zero-order valence-corrected chi connectivity index (χ0v) is 13.1. The van der Waals surface area contributed by atoms with E-state index in [0.717, 1.165) is 43.5 Å². The van der Waals surface area contributed by atoms with Crippen molar-refractivity contribution in [2.45, 2.75) is 31.7 Å². The van der Waals surface area contributed by atoms with E-state index in [1.54, 1.807) is 0 Å². The summed E-state index contributed by atoms with van der Waals surface area (Å²) in [6.07, 6.45) is 3.48. The van der Waals surface area contributed by atoms with Gasteiger partial charge in [0.05, 0.1) is 24.8 Å². The molecule has 0 aromatic heterocycles. The Kier molecular flexibility index (Phi) is 4.71. The summed E-state index contributed by atoms with van der Waals surface area (Å²) in [4.78, 5) is 25.9. The second kappa shape index (κ2) is 6.91. The van der Waals surface area contributed by atoms with Crippen molar-refractivity contribution in [2.75, 3.05) is 19.6 Å². The molecule has 2 heterocycles. The van der Waals surface area contributed by atoms with Gasteiger partial charge in [0.15, 0.2) is 0 Å². The fourth-order valence-corrected chi connectivity index (χ4v) is 3.23. The predicted molar refractivity (Wildman–Crippen MR) is 87.7 cm³/mol. The molecule has 2 aliphatic heterocycles. The van der Waals surface area contributed by atoms with Gasteiger partial charge in [0.25, 0.3) is 5.91 Å². The summed E-state index contributed by atoms with van der Waals surface area (Å²) in [6, 6.07) is 9.57. The van der Waals surface area contributed by atoms with E-state index in [9.17, 15) is 9.59 Å². The van der Waals surface area contributed by atoms with E-state index in [1.165, 1.54) is 5.01 Å². The predicted octanol–water partition coefficient (Wildman–Crippen LogP) is 0.963. The molecule has 6 nitrogen and oxygen atoms in total. The van der Waals surface area contributed by atoms with Crippen LogP contribution in [0.2, 0.25) is 0 Å². The summed E-state index contributed by atoms with van der Waals surface area (Å²) >= 11 is 0. The van der Waals surface area contributed by atoms with Crippen molar-refractivity contribution in [2.24, 2.45) is 10.8 Å². The molecule has 0 spiro atoms. The van der Waals surface area contributed by atoms with Crippen LogP contribution in [0.25, 0.3) is 0 Å². The van der Waals surface area contributed by atoms with Gasteiger partial charge in [-0.3, -0.25) is 14.5 Å². The largest absolute Gasteiger partial charge is 0.368 e. The third-order valence-corrected chi connectivity index (χ3v) is 4.48. The zero-order valence-electron chi connectivity index (χ0n) is 13.1. The summed E-state index contributed by atoms with van der Waals surface area (Å²) < 4.78 is 0. The maximum atomic E-state index is 12.5. The number of amides is 2. The molecule has 1 atom stereocenters. The molecule has 0 aliphatic carbocycles. The second-order valence-corrected chi connectivity index (χ2v) is 6.06. The normalized spacial score (nSPS) is 22.0. The SMILES string of the molecule is NC(=O)[C@H]1CCCCN1CC(=O)N1CCC(c2ccccc2)=N1. The van der Waals surface area contributed by atoms with Crippen molar-refractivity contribution < 1.29 is 9.59 Å². The van der Waals surface area contributed by atoms with Gasteiger partial charge in [0.1, 0.15) is 0 Å². The number of primary amides is 1. The molecule has 23 heavy (non-hydrogen) atoms. The summed E-state index contributed by atoms with van der Waals surface area (Å²) in [6.45, 7) is 1.54. The van der Waals surface area contributed by atoms with E-state index in [2.05, 4.69) is 5.10 Å². The fourth-order valence-electron chi connectivity index (χ4n) is 3.23. The van der Waals surface area contributed by atoms with Crippen LogP contribution in [-0.2, 0) is 9.59 Å². The molecule has 0 saturated carbocycles. The van der Waals surface area contributed by atoms with Crippen LogP contribution in [0.5, 0.6) is 0 Å². The van der Waals surface area contributed by atoms with Crippen molar-refractivity contribution in [1.82, 2.24) is 9.91 Å². The van der Waals surface area contributed by atoms with Gasteiger partial charge >= 0.3 is 0 Å². The van der Waals surface area contributed by atoms with Gasteiger partial charge in [0.2, 0.25) is 5.91 Å². The minimum absolute atomic E-state index is 0.0657. The average Bonchev–Trinajstić information content (AvgIpc) is 3.06. The first-order chi connectivity index (χ1) is 11.1. The van der Waals surface area contributed by atoms with Gasteiger partial charge in [-0.2, -0.15) is 5.10 Å². The van der Waals surface area contributed by atoms with E-state index in [0.29, 0.717) is 6.54 Å². The lowest BCUT2D eigenvalue weighted by atomic mass is 10.0. The number of rotatable bonds is 4. The molecule has 0 unspecified atom stereocenters. The first kappa shape index (κ1) is 15.7. The number of piperidine rings is 1. The number of benzene rings is 1. The monoisotopic (exact) mass is 314 g/mol. The summed E-state index contributed by atoms with van der Waals surface area (Å²) in [5.41, 5.74) is 7.44. The third kappa shape index (κ3) is 3.59. The molecule has 1 fully saturated rings. The Morgan fingerprint density at radius 3 is 2.70 bits per heavy atom. The van der Waals surface area contributed by atoms with Crippen LogP contribution in [0.1, 0.15) is 31.2 Å². The highest BCUT2D eigenvalue weighted by atomic mass is 16.2. The number of hydrogen-bond donors (Lipinski definition) is 1. The van der Waals surface area contributed by atoms with Crippen LogP contribution in [0.15, 0.2) is 35.4 Å². The Balaban J connectivity index is 1.65. The fraction of sp³-hybridized carbons (Fsp3) is 0.471. The summed E-state index contributed by atoms with van der Waals surface area (Å²) in [5, 5.41) is 5.97. The maximum absolute atomic E-state index is 12.5. The number of carbonyl (C=O) groups is 2. The Labute approximate surface area is 135 Å². The highest BCUT2D eigenvalue weighted by Crippen LogP contribution is 2.18. The Hall–Kier alpha value is -2.21. The number of hydrogen-bond acceptors (Lipinski definition) is 4. The van der Waals surface area contributed by atoms with Gasteiger partial charge < -0.3 is 5.73 Å². The smallest absolute Gasteiger partial charge is 0.256 e. The summed E-state index contributed by atoms with van der Waals surface area (Å²) in [5.74, 6) is -0.406. The van der Waals surface area contributed by atoms with Crippen molar-refractivity contribution in [3.63, 3.8) is 0 Å². The van der Waals surface area contributed by atoms with Gasteiger partial charge in [0, 0.05) is 6.42 Å². The van der Waals surface area contributed by atoms with Crippen molar-refractivity contribution in [3.8, 4) is 0 Å². The topological polar surface area (TPSA) is 79.0 Å². The van der Waals surface area contributed by atoms with Crippen LogP contribution in [0, 0.1) is 0 Å². The van der Waals surface area contributed by atoms with E-state index in [1.807, 2.05) is 35.2 Å². The van der Waals surface area contributed by atoms with Gasteiger partial charge in [-0.05, 0) is 24.9 Å². The van der Waals surface area contributed by atoms with E-state index < -0.39 is 0 Å². The molecule has 1 aromatic carbocycles. The van der Waals surface area contributed by atoms with Crippen LogP contribution in [0.4, 0.5) is 0 Å². The minimum Gasteiger partial charge on any atom is -0.368 e. The van der Waals surface area contributed by atoms with E-state index in [-0.39, 0.29) is 24.4 Å². The number of nitrogens with zero attached hydrogens (tertiary/aromatic N) is 3. The lowest BCUT2D eigenvalue weighted by molar-refractivity contribution is -0.134. The van der Waals surface area contributed by atoms with Crippen LogP contribution in [0.3, 0.4) is 0 Å². The molecule has 2 aliphatic rings. The summed E-state index contributed by atoms with van der Waals surface area (Å²) in [7, 11) is 0. The molecule has 2 amide bonds. The molecular formula is C17H22N4O2. The van der Waals surface area contributed by atoms with Crippen molar-refractivity contribution in [3.05, 3.63) is 35.9 Å². The average molecular weight is 314 g/mol. The van der Waals surface area contributed by atoms with Crippen LogP contribution in [-0.4, -0.2) is 53.1 Å². The first-order valence-electron chi connectivity index (χ1n) is 8.12. The van der Waals surface area contributed by atoms with Crippen molar-refractivity contribution in [1.29, 1.82) is 0 Å². The van der Waals surface area contributed by atoms with E-state index in [4.69, 9.17) is 5.73 Å². The van der Waals surface area contributed by atoms with E-state index >= 15 is 0 Å². The molecule has 0 bridgehead atoms. The Morgan fingerprint density at radius 1 is 1.17 bits per heavy atom. The van der Waals surface area contributed by atoms with Crippen LogP contribution >= 0.6 is 0 Å². The maximum Gasteiger partial charge on any atom is 0.256 e. The highest BCUT2D eigenvalue weighted by Gasteiger charge is 2.30. The molecular weight excluding hydrogens is 292 g/mol. The quantitative estimate of drug-likeness (QED) is 0.899. The standard InChI is InChI=1S/C17H22N4O2/c18-17(23)15-8-4-5-10-20(15)12-16(22)21-11-9-14(19-21)13-6-2-1-3-7-13/h1-3,6-7,15H,4-5,8-12H2,(H2,18,23)/t15-/m1/s1. The molecule has 1 saturated heterocycles. The van der Waals surface area contributed by atoms with Gasteiger partial charge in [-0.1, -0.05) is 36.8 Å². The minimum atomic E-state index is -0.340. The lowest BCUT2D eigenvalue weighted by Gasteiger charge is -2.33. The number of nitrogens with two attached hydrogens (primary N) is 1. The second-order valence-electron chi connectivity index (χ2n) is 6.06. The first-order valence-corrected chi connectivity index (χ1v) is 8.12.